The highest BCUT2D eigenvalue weighted by molar-refractivity contribution is 7.77. The fourth-order valence-corrected chi connectivity index (χ4v) is 5.84. The number of fused-ring (bicyclic) bond motifs is 1. The molecule has 3 N–H and O–H groups in total. The number of carbonyl (C=O) groups is 1. The molecule has 1 amide bonds. The van der Waals surface area contributed by atoms with Crippen molar-refractivity contribution >= 4 is 46.9 Å². The van der Waals surface area contributed by atoms with Crippen LogP contribution in [0.3, 0.4) is 0 Å². The van der Waals surface area contributed by atoms with Gasteiger partial charge in [-0.3, -0.25) is 4.79 Å². The van der Waals surface area contributed by atoms with Gasteiger partial charge in [0.05, 0.1) is 0 Å². The van der Waals surface area contributed by atoms with Crippen LogP contribution in [0.1, 0.15) is 38.2 Å². The number of amides is 1. The highest BCUT2D eigenvalue weighted by Gasteiger charge is 2.26. The highest BCUT2D eigenvalue weighted by atomic mass is 35.5. The number of allylic oxidation sites excluding steroid dienone is 4. The summed E-state index contributed by atoms with van der Waals surface area (Å²) in [6.07, 6.45) is 6.19. The summed E-state index contributed by atoms with van der Waals surface area (Å²) in [7, 11) is -0.965. The summed E-state index contributed by atoms with van der Waals surface area (Å²) in [6.45, 7) is 8.00. The van der Waals surface area contributed by atoms with Crippen LogP contribution < -0.4 is 16.3 Å². The molecule has 1 unspecified atom stereocenters. The molecule has 2 aromatic carbocycles. The van der Waals surface area contributed by atoms with Gasteiger partial charge in [0.2, 0.25) is 0 Å². The summed E-state index contributed by atoms with van der Waals surface area (Å²) in [5, 5.41) is 4.78. The normalized spacial score (nSPS) is 12.7. The van der Waals surface area contributed by atoms with Gasteiger partial charge >= 0.3 is 0 Å². The number of aromatic amines is 1. The molecule has 1 atom stereocenters. The summed E-state index contributed by atoms with van der Waals surface area (Å²) in [4.78, 5) is 15.4. The maximum absolute atomic E-state index is 12.2. The van der Waals surface area contributed by atoms with Gasteiger partial charge in [0, 0.05) is 21.2 Å². The van der Waals surface area contributed by atoms with Gasteiger partial charge in [-0.1, -0.05) is 74.0 Å². The van der Waals surface area contributed by atoms with Crippen molar-refractivity contribution in [3.05, 3.63) is 82.8 Å². The van der Waals surface area contributed by atoms with E-state index in [0.29, 0.717) is 10.7 Å². The third-order valence-corrected chi connectivity index (χ3v) is 6.99. The lowest BCUT2D eigenvalue weighted by Crippen LogP contribution is -2.23. The Morgan fingerprint density at radius 1 is 1.11 bits per heavy atom. The number of H-pyrrole nitrogens is 1. The topological polar surface area (TPSA) is 58.9 Å². The van der Waals surface area contributed by atoms with Crippen molar-refractivity contribution in [3.8, 4) is 0 Å². The Balaban J connectivity index is 0.00000136. The molecular weight excluding hydrogens is 387 g/mol. The second-order valence-electron chi connectivity index (χ2n) is 5.79. The minimum Gasteiger partial charge on any atom is -0.364 e. The van der Waals surface area contributed by atoms with Gasteiger partial charge in [-0.15, -0.1) is 0 Å². The van der Waals surface area contributed by atoms with Crippen LogP contribution >= 0.6 is 19.5 Å². The molecule has 0 spiro atoms. The zero-order valence-corrected chi connectivity index (χ0v) is 18.3. The van der Waals surface area contributed by atoms with Gasteiger partial charge in [-0.25, -0.2) is 0 Å². The first-order valence-corrected chi connectivity index (χ1v) is 11.0. The molecule has 0 saturated carbocycles. The lowest BCUT2D eigenvalue weighted by molar-refractivity contribution is 0.0997. The smallest absolute Gasteiger partial charge is 0.265 e. The molecule has 3 aromatic rings. The molecule has 3 nitrogen and oxygen atoms in total. The molecular formula is C23H26ClN2OP. The Morgan fingerprint density at radius 3 is 2.36 bits per heavy atom. The summed E-state index contributed by atoms with van der Waals surface area (Å²) in [6, 6.07) is 15.8. The predicted molar refractivity (Wildman–Crippen MR) is 124 cm³/mol. The Bertz CT molecular complexity index is 1010. The Morgan fingerprint density at radius 2 is 1.79 bits per heavy atom. The van der Waals surface area contributed by atoms with Gasteiger partial charge in [0.1, 0.15) is 5.69 Å². The fraction of sp³-hybridized carbons (Fsp3) is 0.174. The highest BCUT2D eigenvalue weighted by Crippen LogP contribution is 2.46. The average Bonchev–Trinajstić information content (AvgIpc) is 3.08. The van der Waals surface area contributed by atoms with E-state index in [9.17, 15) is 4.79 Å². The maximum Gasteiger partial charge on any atom is 0.265 e. The molecule has 1 heterocycles. The lowest BCUT2D eigenvalue weighted by atomic mass is 10.2. The van der Waals surface area contributed by atoms with Gasteiger partial charge in [0.15, 0.2) is 0 Å². The zero-order valence-electron chi connectivity index (χ0n) is 16.7. The van der Waals surface area contributed by atoms with Crippen molar-refractivity contribution in [2.24, 2.45) is 5.73 Å². The molecule has 0 fully saturated rings. The van der Waals surface area contributed by atoms with Gasteiger partial charge in [-0.2, -0.15) is 0 Å². The van der Waals surface area contributed by atoms with E-state index >= 15 is 0 Å². The Labute approximate surface area is 173 Å². The molecule has 0 bridgehead atoms. The molecule has 0 saturated heterocycles. The molecule has 28 heavy (non-hydrogen) atoms. The Hall–Kier alpha value is -2.35. The first-order valence-electron chi connectivity index (χ1n) is 9.32. The van der Waals surface area contributed by atoms with E-state index in [1.165, 1.54) is 0 Å². The summed E-state index contributed by atoms with van der Waals surface area (Å²) in [5.41, 5.74) is 7.02. The molecule has 0 radical (unpaired) electrons. The van der Waals surface area contributed by atoms with E-state index in [1.807, 2.05) is 70.2 Å². The van der Waals surface area contributed by atoms with Crippen LogP contribution in [-0.4, -0.2) is 10.9 Å². The number of halogens is 1. The molecule has 3 rings (SSSR count). The quantitative estimate of drug-likeness (QED) is 0.400. The summed E-state index contributed by atoms with van der Waals surface area (Å²) in [5.74, 6) is -0.466. The number of nitrogens with two attached hydrogens (primary N) is 1. The van der Waals surface area contributed by atoms with Crippen LogP contribution in [0, 0.1) is 0 Å². The molecule has 5 heteroatoms. The number of hydrogen-bond acceptors (Lipinski definition) is 1. The van der Waals surface area contributed by atoms with Crippen molar-refractivity contribution < 1.29 is 4.79 Å². The van der Waals surface area contributed by atoms with E-state index in [2.05, 4.69) is 29.3 Å². The largest absolute Gasteiger partial charge is 0.364 e. The molecule has 1 aromatic heterocycles. The summed E-state index contributed by atoms with van der Waals surface area (Å²) >= 11 is 6.25. The van der Waals surface area contributed by atoms with E-state index < -0.39 is 13.8 Å². The number of benzene rings is 2. The van der Waals surface area contributed by atoms with Crippen LogP contribution in [0.4, 0.5) is 0 Å². The first kappa shape index (κ1) is 21.9. The van der Waals surface area contributed by atoms with Gasteiger partial charge in [0.25, 0.3) is 5.91 Å². The van der Waals surface area contributed by atoms with Gasteiger partial charge in [-0.05, 0) is 50.6 Å². The van der Waals surface area contributed by atoms with Crippen LogP contribution in [0.25, 0.3) is 10.9 Å². The third kappa shape index (κ3) is 4.55. The minimum atomic E-state index is -0.965. The minimum absolute atomic E-state index is 0.445. The lowest BCUT2D eigenvalue weighted by Gasteiger charge is -2.20. The van der Waals surface area contributed by atoms with Crippen LogP contribution in [0.2, 0.25) is 5.02 Å². The number of rotatable bonds is 5. The van der Waals surface area contributed by atoms with Crippen molar-refractivity contribution in [2.75, 3.05) is 0 Å². The maximum atomic E-state index is 12.2. The van der Waals surface area contributed by atoms with Crippen LogP contribution in [0.5, 0.6) is 0 Å². The second-order valence-corrected chi connectivity index (χ2v) is 8.37. The zero-order chi connectivity index (χ0) is 20.7. The number of hydrogen-bond donors (Lipinski definition) is 2. The van der Waals surface area contributed by atoms with Crippen molar-refractivity contribution in [2.45, 2.75) is 27.7 Å². The van der Waals surface area contributed by atoms with Crippen LogP contribution in [-0.2, 0) is 0 Å². The molecule has 146 valence electrons. The summed E-state index contributed by atoms with van der Waals surface area (Å²) < 4.78 is 0. The predicted octanol–water partition coefficient (Wildman–Crippen LogP) is 5.86. The van der Waals surface area contributed by atoms with Crippen molar-refractivity contribution in [1.82, 2.24) is 4.98 Å². The van der Waals surface area contributed by atoms with E-state index in [-0.39, 0.29) is 0 Å². The molecule has 0 aliphatic rings. The second kappa shape index (κ2) is 10.3. The number of nitrogens with one attached hydrogen (secondary N) is 1. The molecule has 0 aliphatic carbocycles. The molecule has 0 aliphatic heterocycles. The standard InChI is InChI=1S/C21H20ClN2OP.C2H6/c1-3-8-15(4-2)26(16-9-6-5-7-10-16)20-17-13-14(22)11-12-18(17)24-19(20)21(23)25;1-2/h3-13,24H,1-2H3,(H2,23,25);1-2H3/b8-3-,15-4+;. The van der Waals surface area contributed by atoms with E-state index in [0.717, 1.165) is 26.8 Å². The Kier molecular flexibility index (Phi) is 8.04. The van der Waals surface area contributed by atoms with Gasteiger partial charge < -0.3 is 10.7 Å². The van der Waals surface area contributed by atoms with Crippen LogP contribution in [0.15, 0.2) is 72.1 Å². The van der Waals surface area contributed by atoms with E-state index in [4.69, 9.17) is 17.3 Å². The number of aromatic nitrogens is 1. The third-order valence-electron chi connectivity index (χ3n) is 4.11. The number of primary amides is 1. The average molecular weight is 413 g/mol. The SMILES string of the molecule is C/C=C\C(=C/C)P(c1ccccc1)c1c(C(N)=O)[nH]c2ccc(Cl)cc12.CC. The van der Waals surface area contributed by atoms with Crippen molar-refractivity contribution in [3.63, 3.8) is 0 Å². The first-order chi connectivity index (χ1) is 13.6. The fourth-order valence-electron chi connectivity index (χ4n) is 3.02. The monoisotopic (exact) mass is 412 g/mol. The number of carbonyl (C=O) groups excluding carboxylic acids is 1. The van der Waals surface area contributed by atoms with E-state index in [1.54, 1.807) is 0 Å². The van der Waals surface area contributed by atoms with Crippen molar-refractivity contribution in [1.29, 1.82) is 0 Å².